The highest BCUT2D eigenvalue weighted by Gasteiger charge is 2.45. The van der Waals surface area contributed by atoms with Gasteiger partial charge < -0.3 is 9.47 Å². The summed E-state index contributed by atoms with van der Waals surface area (Å²) in [5.41, 5.74) is 5.54. The summed E-state index contributed by atoms with van der Waals surface area (Å²) in [6, 6.07) is 15.9. The molecular formula is C27H31N6O4+. The molecule has 4 rings (SSSR count). The van der Waals surface area contributed by atoms with Crippen molar-refractivity contribution in [3.05, 3.63) is 59.7 Å². The van der Waals surface area contributed by atoms with E-state index in [2.05, 4.69) is 27.5 Å². The van der Waals surface area contributed by atoms with Crippen molar-refractivity contribution in [1.82, 2.24) is 20.6 Å². The molecule has 0 aliphatic carbocycles. The molecule has 2 aromatic carbocycles. The maximum absolute atomic E-state index is 13.3. The fourth-order valence-corrected chi connectivity index (χ4v) is 4.59. The van der Waals surface area contributed by atoms with Crippen LogP contribution in [0.5, 0.6) is 0 Å². The number of carbonyl (C=O) groups is 2. The molecule has 0 radical (unpaired) electrons. The van der Waals surface area contributed by atoms with Crippen LogP contribution in [-0.4, -0.2) is 63.3 Å². The number of esters is 2. The first kappa shape index (κ1) is 25.9. The summed E-state index contributed by atoms with van der Waals surface area (Å²) >= 11 is 0. The van der Waals surface area contributed by atoms with Gasteiger partial charge in [0.25, 0.3) is 0 Å². The van der Waals surface area contributed by atoms with Gasteiger partial charge in [-0.25, -0.2) is 9.89 Å². The third-order valence-corrected chi connectivity index (χ3v) is 6.16. The van der Waals surface area contributed by atoms with Gasteiger partial charge in [0, 0.05) is 24.0 Å². The molecule has 0 bridgehead atoms. The second kappa shape index (κ2) is 10.8. The second-order valence-electron chi connectivity index (χ2n) is 9.28. The van der Waals surface area contributed by atoms with E-state index in [1.807, 2.05) is 69.4 Å². The van der Waals surface area contributed by atoms with Crippen LogP contribution >= 0.6 is 0 Å². The van der Waals surface area contributed by atoms with Crippen molar-refractivity contribution in [2.75, 3.05) is 20.4 Å². The topological polar surface area (TPSA) is 119 Å². The van der Waals surface area contributed by atoms with Crippen molar-refractivity contribution in [2.45, 2.75) is 34.1 Å². The number of rotatable bonds is 9. The van der Waals surface area contributed by atoms with Gasteiger partial charge >= 0.3 is 11.9 Å². The van der Waals surface area contributed by atoms with Crippen LogP contribution in [-0.2, 0) is 19.1 Å². The number of tetrazole rings is 1. The minimum atomic E-state index is -0.561. The predicted molar refractivity (Wildman–Crippen MR) is 138 cm³/mol. The number of aromatic nitrogens is 4. The van der Waals surface area contributed by atoms with Gasteiger partial charge in [0.05, 0.1) is 7.05 Å². The number of carbonyl (C=O) groups excluding carboxylic acids is 2. The van der Waals surface area contributed by atoms with Gasteiger partial charge in [-0.3, -0.25) is 4.79 Å². The Morgan fingerprint density at radius 3 is 2.27 bits per heavy atom. The molecule has 1 aromatic heterocycles. The Balaban J connectivity index is 1.78. The molecule has 0 spiro atoms. The average Bonchev–Trinajstić information content (AvgIpc) is 3.51. The van der Waals surface area contributed by atoms with Crippen molar-refractivity contribution < 1.29 is 23.7 Å². The largest absolute Gasteiger partial charge is 0.428 e. The molecule has 1 N–H and O–H groups in total. The summed E-state index contributed by atoms with van der Waals surface area (Å²) in [6.07, 6.45) is 0.862. The van der Waals surface area contributed by atoms with Gasteiger partial charge in [0.15, 0.2) is 17.1 Å². The van der Waals surface area contributed by atoms with E-state index in [0.717, 1.165) is 34.4 Å². The number of ether oxygens (including phenoxy) is 2. The van der Waals surface area contributed by atoms with E-state index in [9.17, 15) is 9.59 Å². The zero-order valence-corrected chi connectivity index (χ0v) is 21.7. The lowest BCUT2D eigenvalue weighted by atomic mass is 9.94. The number of H-pyrrole nitrogens is 1. The zero-order chi connectivity index (χ0) is 26.6. The van der Waals surface area contributed by atoms with E-state index in [1.165, 1.54) is 6.92 Å². The number of nitrogens with zero attached hydrogens (tertiary/aromatic N) is 5. The van der Waals surface area contributed by atoms with Gasteiger partial charge in [-0.2, -0.15) is 4.59 Å². The standard InChI is InChI=1S/C27H30N6O4/c1-6-15-33(5)25(23(24(30-33)17(2)3)27(35)37-16-36-18(4)34)20-13-11-19(12-14-20)21-9-7-8-10-22(21)26-28-31-32-29-26/h7-14,17H,6,15-16H2,1-5H3/p+1. The summed E-state index contributed by atoms with van der Waals surface area (Å²) in [4.78, 5) is 24.5. The predicted octanol–water partition coefficient (Wildman–Crippen LogP) is 4.19. The molecule has 1 unspecified atom stereocenters. The lowest BCUT2D eigenvalue weighted by Gasteiger charge is -2.26. The van der Waals surface area contributed by atoms with Crippen LogP contribution in [0.4, 0.5) is 0 Å². The molecule has 37 heavy (non-hydrogen) atoms. The SMILES string of the molecule is CCC[N+]1(C)N=C(C(C)C)C(C(=O)OCOC(C)=O)=C1c1ccc(-c2ccccc2-c2nnn[nH]2)cc1. The first-order valence-corrected chi connectivity index (χ1v) is 12.2. The Kier molecular flexibility index (Phi) is 7.58. The van der Waals surface area contributed by atoms with E-state index in [4.69, 9.17) is 14.6 Å². The smallest absolute Gasteiger partial charge is 0.349 e. The highest BCUT2D eigenvalue weighted by molar-refractivity contribution is 6.25. The van der Waals surface area contributed by atoms with E-state index in [0.29, 0.717) is 23.7 Å². The Hall–Kier alpha value is -4.18. The number of aromatic amines is 1. The molecule has 2 heterocycles. The average molecular weight is 504 g/mol. The van der Waals surface area contributed by atoms with Crippen molar-refractivity contribution in [3.8, 4) is 22.5 Å². The molecule has 1 atom stereocenters. The van der Waals surface area contributed by atoms with Crippen molar-refractivity contribution in [1.29, 1.82) is 0 Å². The number of benzene rings is 2. The van der Waals surface area contributed by atoms with Crippen LogP contribution in [0.3, 0.4) is 0 Å². The van der Waals surface area contributed by atoms with Gasteiger partial charge in [0.2, 0.25) is 6.79 Å². The third kappa shape index (κ3) is 5.34. The molecule has 0 amide bonds. The van der Waals surface area contributed by atoms with Crippen LogP contribution < -0.4 is 0 Å². The molecule has 3 aromatic rings. The summed E-state index contributed by atoms with van der Waals surface area (Å²) in [6.45, 7) is 7.60. The number of hydrogen-bond donors (Lipinski definition) is 1. The summed E-state index contributed by atoms with van der Waals surface area (Å²) in [5.74, 6) is -0.508. The summed E-state index contributed by atoms with van der Waals surface area (Å²) < 4.78 is 10.4. The molecule has 1 aliphatic rings. The fourth-order valence-electron chi connectivity index (χ4n) is 4.59. The minimum absolute atomic E-state index is 0.00949. The Morgan fingerprint density at radius 2 is 1.68 bits per heavy atom. The molecule has 0 fully saturated rings. The molecule has 1 aliphatic heterocycles. The number of quaternary nitrogens is 1. The van der Waals surface area contributed by atoms with Gasteiger partial charge in [-0.1, -0.05) is 62.3 Å². The van der Waals surface area contributed by atoms with Gasteiger partial charge in [-0.15, -0.1) is 5.10 Å². The van der Waals surface area contributed by atoms with Crippen molar-refractivity contribution in [2.24, 2.45) is 11.0 Å². The lowest BCUT2D eigenvalue weighted by molar-refractivity contribution is -0.844. The second-order valence-corrected chi connectivity index (χ2v) is 9.28. The zero-order valence-electron chi connectivity index (χ0n) is 21.7. The lowest BCUT2D eigenvalue weighted by Crippen LogP contribution is -2.35. The van der Waals surface area contributed by atoms with Crippen molar-refractivity contribution in [3.63, 3.8) is 0 Å². The first-order valence-electron chi connectivity index (χ1n) is 12.2. The molecule has 192 valence electrons. The normalized spacial score (nSPS) is 17.2. The monoisotopic (exact) mass is 503 g/mol. The quantitative estimate of drug-likeness (QED) is 0.264. The Bertz CT molecular complexity index is 1350. The van der Waals surface area contributed by atoms with E-state index in [-0.39, 0.29) is 10.5 Å². The highest BCUT2D eigenvalue weighted by Crippen LogP contribution is 2.39. The van der Waals surface area contributed by atoms with Crippen LogP contribution in [0, 0.1) is 5.92 Å². The van der Waals surface area contributed by atoms with Crippen LogP contribution in [0.25, 0.3) is 28.2 Å². The molecule has 0 saturated heterocycles. The van der Waals surface area contributed by atoms with E-state index >= 15 is 0 Å². The Morgan fingerprint density at radius 1 is 1.00 bits per heavy atom. The number of nitrogens with one attached hydrogen (secondary N) is 1. The molecule has 10 nitrogen and oxygen atoms in total. The fraction of sp³-hybridized carbons (Fsp3) is 0.333. The van der Waals surface area contributed by atoms with E-state index < -0.39 is 18.7 Å². The van der Waals surface area contributed by atoms with Crippen LogP contribution in [0.1, 0.15) is 39.7 Å². The molecule has 0 saturated carbocycles. The molecule has 10 heteroatoms. The van der Waals surface area contributed by atoms with Gasteiger partial charge in [0.1, 0.15) is 12.3 Å². The maximum atomic E-state index is 13.3. The van der Waals surface area contributed by atoms with Crippen molar-refractivity contribution >= 4 is 23.3 Å². The number of hydrogen-bond acceptors (Lipinski definition) is 8. The summed E-state index contributed by atoms with van der Waals surface area (Å²) in [7, 11) is 1.99. The van der Waals surface area contributed by atoms with E-state index in [1.54, 1.807) is 0 Å². The van der Waals surface area contributed by atoms with Crippen LogP contribution in [0.2, 0.25) is 0 Å². The minimum Gasteiger partial charge on any atom is -0.428 e. The highest BCUT2D eigenvalue weighted by atomic mass is 16.7. The Labute approximate surface area is 215 Å². The summed E-state index contributed by atoms with van der Waals surface area (Å²) in [5, 5.41) is 19.3. The van der Waals surface area contributed by atoms with Gasteiger partial charge in [-0.05, 0) is 40.1 Å². The molecular weight excluding hydrogens is 472 g/mol. The maximum Gasteiger partial charge on any atom is 0.349 e. The van der Waals surface area contributed by atoms with Crippen LogP contribution in [0.15, 0.2) is 59.2 Å². The third-order valence-electron chi connectivity index (χ3n) is 6.16. The first-order chi connectivity index (χ1) is 17.7.